The highest BCUT2D eigenvalue weighted by atomic mass is 32.2. The van der Waals surface area contributed by atoms with Gasteiger partial charge in [0.05, 0.1) is 0 Å². The summed E-state index contributed by atoms with van der Waals surface area (Å²) in [5, 5.41) is 15.1. The van der Waals surface area contributed by atoms with Gasteiger partial charge in [-0.15, -0.1) is 0 Å². The highest BCUT2D eigenvalue weighted by Crippen LogP contribution is 2.05. The van der Waals surface area contributed by atoms with E-state index in [4.69, 9.17) is 5.11 Å². The molecule has 0 unspecified atom stereocenters. The number of hydrogen-bond donors (Lipinski definition) is 2. The summed E-state index contributed by atoms with van der Waals surface area (Å²) in [6.45, 7) is 0.930. The van der Waals surface area contributed by atoms with Crippen LogP contribution in [0.3, 0.4) is 0 Å². The van der Waals surface area contributed by atoms with E-state index < -0.39 is 0 Å². The van der Waals surface area contributed by atoms with E-state index in [1.54, 1.807) is 11.8 Å². The monoisotopic (exact) mass is 245 g/mol. The van der Waals surface area contributed by atoms with Gasteiger partial charge in [0.1, 0.15) is 0 Å². The van der Waals surface area contributed by atoms with Crippen LogP contribution in [0.4, 0.5) is 0 Å². The van der Waals surface area contributed by atoms with Crippen LogP contribution in [0.5, 0.6) is 0 Å². The van der Waals surface area contributed by atoms with Crippen molar-refractivity contribution >= 4 is 29.0 Å². The number of amides is 1. The summed E-state index contributed by atoms with van der Waals surface area (Å²) in [6.07, 6.45) is 0.823. The van der Waals surface area contributed by atoms with Crippen molar-refractivity contribution in [3.8, 4) is 0 Å². The molecule has 1 heterocycles. The summed E-state index contributed by atoms with van der Waals surface area (Å²) >= 11 is 3.27. The molecular weight excluding hydrogens is 230 g/mol. The van der Waals surface area contributed by atoms with Crippen LogP contribution in [0, 0.1) is 0 Å². The van der Waals surface area contributed by atoms with E-state index in [0.717, 1.165) is 23.5 Å². The molecule has 1 rings (SSSR count). The number of nitrogens with one attached hydrogen (secondary N) is 1. The zero-order valence-corrected chi connectivity index (χ0v) is 10.1. The molecule has 1 amide bonds. The average Bonchev–Trinajstić information content (AvgIpc) is 2.76. The van der Waals surface area contributed by atoms with Gasteiger partial charge in [-0.3, -0.25) is 4.79 Å². The predicted molar refractivity (Wildman–Crippen MR) is 65.7 cm³/mol. The van der Waals surface area contributed by atoms with E-state index in [1.807, 2.05) is 16.8 Å². The van der Waals surface area contributed by atoms with Gasteiger partial charge >= 0.3 is 0 Å². The van der Waals surface area contributed by atoms with E-state index in [9.17, 15) is 4.79 Å². The van der Waals surface area contributed by atoms with Gasteiger partial charge in [0.15, 0.2) is 0 Å². The normalized spacial score (nSPS) is 10.2. The van der Waals surface area contributed by atoms with Crippen molar-refractivity contribution in [2.24, 2.45) is 0 Å². The fourth-order valence-electron chi connectivity index (χ4n) is 1.00. The van der Waals surface area contributed by atoms with E-state index in [2.05, 4.69) is 5.32 Å². The Labute approximate surface area is 97.9 Å². The first kappa shape index (κ1) is 12.5. The van der Waals surface area contributed by atoms with Crippen LogP contribution >= 0.6 is 23.1 Å². The van der Waals surface area contributed by atoms with Crippen molar-refractivity contribution in [3.05, 3.63) is 22.4 Å². The minimum atomic E-state index is -0.000918. The first-order chi connectivity index (χ1) is 7.34. The maximum absolute atomic E-state index is 11.4. The number of aliphatic hydroxyl groups is 1. The fraction of sp³-hybridized carbons (Fsp3) is 0.500. The van der Waals surface area contributed by atoms with Crippen LogP contribution < -0.4 is 5.32 Å². The van der Waals surface area contributed by atoms with Crippen LogP contribution in [0.25, 0.3) is 0 Å². The van der Waals surface area contributed by atoms with Crippen molar-refractivity contribution in [3.63, 3.8) is 0 Å². The molecule has 0 fully saturated rings. The number of rotatable bonds is 7. The molecule has 5 heteroatoms. The molecule has 3 nitrogen and oxygen atoms in total. The summed E-state index contributed by atoms with van der Waals surface area (Å²) in [6, 6.07) is 1.82. The Morgan fingerprint density at radius 3 is 3.07 bits per heavy atom. The van der Waals surface area contributed by atoms with Gasteiger partial charge in [0, 0.05) is 29.8 Å². The molecule has 1 aromatic rings. The van der Waals surface area contributed by atoms with Crippen molar-refractivity contribution in [1.82, 2.24) is 5.32 Å². The van der Waals surface area contributed by atoms with Crippen LogP contribution in [-0.2, 0) is 0 Å². The molecule has 0 saturated heterocycles. The molecule has 0 spiro atoms. The number of aliphatic hydroxyl groups excluding tert-OH is 1. The van der Waals surface area contributed by atoms with Gasteiger partial charge in [-0.25, -0.2) is 0 Å². The van der Waals surface area contributed by atoms with Crippen molar-refractivity contribution in [1.29, 1.82) is 0 Å². The quantitative estimate of drug-likeness (QED) is 0.717. The number of carbonyl (C=O) groups excluding carboxylic acids is 1. The van der Waals surface area contributed by atoms with Crippen LogP contribution in [0.1, 0.15) is 16.8 Å². The van der Waals surface area contributed by atoms with Crippen LogP contribution in [0.15, 0.2) is 16.8 Å². The zero-order valence-electron chi connectivity index (χ0n) is 8.44. The molecule has 84 valence electrons. The first-order valence-corrected chi connectivity index (χ1v) is 6.93. The Kier molecular flexibility index (Phi) is 6.47. The van der Waals surface area contributed by atoms with Gasteiger partial charge in [-0.1, -0.05) is 0 Å². The SMILES string of the molecule is O=C(NCCSCCCO)c1ccsc1. The summed E-state index contributed by atoms with van der Waals surface area (Å²) in [4.78, 5) is 11.4. The highest BCUT2D eigenvalue weighted by molar-refractivity contribution is 7.99. The van der Waals surface area contributed by atoms with Gasteiger partial charge in [-0.05, 0) is 23.6 Å². The third-order valence-corrected chi connectivity index (χ3v) is 3.52. The number of carbonyl (C=O) groups is 1. The minimum absolute atomic E-state index is 0.000918. The molecule has 0 bridgehead atoms. The van der Waals surface area contributed by atoms with Gasteiger partial charge in [0.2, 0.25) is 0 Å². The molecular formula is C10H15NO2S2. The first-order valence-electron chi connectivity index (χ1n) is 4.83. The lowest BCUT2D eigenvalue weighted by molar-refractivity contribution is 0.0956. The molecule has 0 aliphatic rings. The maximum atomic E-state index is 11.4. The van der Waals surface area contributed by atoms with Crippen molar-refractivity contribution < 1.29 is 9.90 Å². The summed E-state index contributed by atoms with van der Waals surface area (Å²) in [5.41, 5.74) is 0.736. The van der Waals surface area contributed by atoms with E-state index in [-0.39, 0.29) is 12.5 Å². The Balaban J connectivity index is 2.03. The summed E-state index contributed by atoms with van der Waals surface area (Å²) < 4.78 is 0. The molecule has 0 aliphatic heterocycles. The van der Waals surface area contributed by atoms with Crippen LogP contribution in [-0.4, -0.2) is 35.7 Å². The third kappa shape index (κ3) is 5.20. The fourth-order valence-corrected chi connectivity index (χ4v) is 2.42. The average molecular weight is 245 g/mol. The molecule has 0 radical (unpaired) electrons. The molecule has 0 saturated carbocycles. The Bertz CT molecular complexity index is 275. The lowest BCUT2D eigenvalue weighted by Crippen LogP contribution is -2.25. The lowest BCUT2D eigenvalue weighted by Gasteiger charge is -2.03. The molecule has 15 heavy (non-hydrogen) atoms. The minimum Gasteiger partial charge on any atom is -0.396 e. The second kappa shape index (κ2) is 7.73. The topological polar surface area (TPSA) is 49.3 Å². The Hall–Kier alpha value is -0.520. The summed E-state index contributed by atoms with van der Waals surface area (Å²) in [5.74, 6) is 1.85. The molecule has 0 atom stereocenters. The predicted octanol–water partition coefficient (Wildman–Crippen LogP) is 1.59. The smallest absolute Gasteiger partial charge is 0.252 e. The van der Waals surface area contributed by atoms with Crippen molar-refractivity contribution in [2.45, 2.75) is 6.42 Å². The second-order valence-corrected chi connectivity index (χ2v) is 4.96. The molecule has 1 aromatic heterocycles. The van der Waals surface area contributed by atoms with Crippen molar-refractivity contribution in [2.75, 3.05) is 24.7 Å². The van der Waals surface area contributed by atoms with Crippen LogP contribution in [0.2, 0.25) is 0 Å². The van der Waals surface area contributed by atoms with E-state index in [1.165, 1.54) is 11.3 Å². The van der Waals surface area contributed by atoms with E-state index in [0.29, 0.717) is 6.54 Å². The van der Waals surface area contributed by atoms with Gasteiger partial charge in [0.25, 0.3) is 5.91 Å². The third-order valence-electron chi connectivity index (χ3n) is 1.76. The number of hydrogen-bond acceptors (Lipinski definition) is 4. The highest BCUT2D eigenvalue weighted by Gasteiger charge is 2.03. The molecule has 0 aromatic carbocycles. The standard InChI is InChI=1S/C10H15NO2S2/c12-4-1-5-14-7-3-11-10(13)9-2-6-15-8-9/h2,6,8,12H,1,3-5,7H2,(H,11,13). The lowest BCUT2D eigenvalue weighted by atomic mass is 10.3. The molecule has 0 aliphatic carbocycles. The van der Waals surface area contributed by atoms with E-state index >= 15 is 0 Å². The largest absolute Gasteiger partial charge is 0.396 e. The van der Waals surface area contributed by atoms with Gasteiger partial charge < -0.3 is 10.4 Å². The molecule has 2 N–H and O–H groups in total. The Morgan fingerprint density at radius 1 is 1.53 bits per heavy atom. The Morgan fingerprint density at radius 2 is 2.40 bits per heavy atom. The second-order valence-electron chi connectivity index (χ2n) is 2.96. The summed E-state index contributed by atoms with van der Waals surface area (Å²) in [7, 11) is 0. The number of thiophene rings is 1. The number of thioether (sulfide) groups is 1. The maximum Gasteiger partial charge on any atom is 0.252 e. The zero-order chi connectivity index (χ0) is 10.9. The van der Waals surface area contributed by atoms with Gasteiger partial charge in [-0.2, -0.15) is 23.1 Å².